The van der Waals surface area contributed by atoms with E-state index in [4.69, 9.17) is 15.2 Å². The second-order valence-electron chi connectivity index (χ2n) is 9.06. The SMILES string of the molecule is CC(C)(C)OC(=O)N1CC[C@H](Nc2nccc(-c3cccnc3Oc3ccc(N)c(F)c3F)n2)C1. The Bertz CT molecular complexity index is 1230. The molecule has 4 rings (SSSR count). The summed E-state index contributed by atoms with van der Waals surface area (Å²) in [5.41, 5.74) is 5.43. The van der Waals surface area contributed by atoms with Crippen molar-refractivity contribution < 1.29 is 23.0 Å². The maximum Gasteiger partial charge on any atom is 0.410 e. The fourth-order valence-electron chi connectivity index (χ4n) is 3.53. The Morgan fingerprint density at radius 1 is 1.14 bits per heavy atom. The average Bonchev–Trinajstić information content (AvgIpc) is 3.28. The zero-order valence-electron chi connectivity index (χ0n) is 19.6. The summed E-state index contributed by atoms with van der Waals surface area (Å²) in [6.07, 6.45) is 3.37. The lowest BCUT2D eigenvalue weighted by atomic mass is 10.2. The number of nitrogen functional groups attached to an aromatic ring is 1. The van der Waals surface area contributed by atoms with Crippen LogP contribution >= 0.6 is 0 Å². The quantitative estimate of drug-likeness (QED) is 0.505. The first kappa shape index (κ1) is 24.1. The Morgan fingerprint density at radius 3 is 2.71 bits per heavy atom. The summed E-state index contributed by atoms with van der Waals surface area (Å²) in [6.45, 7) is 6.47. The van der Waals surface area contributed by atoms with Gasteiger partial charge in [-0.3, -0.25) is 0 Å². The van der Waals surface area contributed by atoms with Crippen LogP contribution in [0.25, 0.3) is 11.3 Å². The molecule has 1 fully saturated rings. The van der Waals surface area contributed by atoms with Gasteiger partial charge >= 0.3 is 6.09 Å². The number of nitrogens with zero attached hydrogens (tertiary/aromatic N) is 4. The predicted molar refractivity (Wildman–Crippen MR) is 126 cm³/mol. The zero-order chi connectivity index (χ0) is 25.2. The number of amides is 1. The van der Waals surface area contributed by atoms with E-state index < -0.39 is 17.2 Å². The highest BCUT2D eigenvalue weighted by Crippen LogP contribution is 2.33. The van der Waals surface area contributed by atoms with E-state index in [0.29, 0.717) is 36.7 Å². The molecular weight excluding hydrogens is 458 g/mol. The first-order chi connectivity index (χ1) is 16.6. The van der Waals surface area contributed by atoms with Gasteiger partial charge in [0.2, 0.25) is 17.6 Å². The Hall–Kier alpha value is -4.02. The van der Waals surface area contributed by atoms with Crippen LogP contribution in [0.3, 0.4) is 0 Å². The van der Waals surface area contributed by atoms with E-state index in [9.17, 15) is 13.6 Å². The number of hydrogen-bond donors (Lipinski definition) is 2. The van der Waals surface area contributed by atoms with Crippen molar-refractivity contribution in [1.29, 1.82) is 0 Å². The van der Waals surface area contributed by atoms with Gasteiger partial charge < -0.3 is 25.4 Å². The van der Waals surface area contributed by atoms with Gasteiger partial charge in [-0.1, -0.05) is 0 Å². The number of pyridine rings is 1. The van der Waals surface area contributed by atoms with E-state index in [1.54, 1.807) is 29.3 Å². The van der Waals surface area contributed by atoms with Gasteiger partial charge in [0.1, 0.15) is 5.60 Å². The lowest BCUT2D eigenvalue weighted by molar-refractivity contribution is 0.0293. The van der Waals surface area contributed by atoms with Gasteiger partial charge in [0.05, 0.1) is 16.9 Å². The maximum absolute atomic E-state index is 14.3. The minimum atomic E-state index is -1.21. The van der Waals surface area contributed by atoms with Crippen LogP contribution in [-0.2, 0) is 4.74 Å². The minimum Gasteiger partial charge on any atom is -0.444 e. The molecule has 35 heavy (non-hydrogen) atoms. The van der Waals surface area contributed by atoms with Crippen LogP contribution in [0.1, 0.15) is 27.2 Å². The molecule has 3 heterocycles. The minimum absolute atomic E-state index is 0.0391. The van der Waals surface area contributed by atoms with Gasteiger partial charge in [0.15, 0.2) is 11.6 Å². The number of nitrogens with one attached hydrogen (secondary N) is 1. The summed E-state index contributed by atoms with van der Waals surface area (Å²) in [6, 6.07) is 7.40. The number of nitrogens with two attached hydrogens (primary N) is 1. The molecule has 3 aromatic rings. The third-order valence-electron chi connectivity index (χ3n) is 5.16. The third kappa shape index (κ3) is 5.73. The van der Waals surface area contributed by atoms with Crippen molar-refractivity contribution in [2.75, 3.05) is 24.1 Å². The standard InChI is InChI=1S/C24H26F2N6O3/c1-24(2,3)35-23(33)32-12-9-14(13-32)30-22-29-11-8-17(31-22)15-5-4-10-28-21(15)34-18-7-6-16(27)19(25)20(18)26/h4-8,10-11,14H,9,12-13,27H2,1-3H3,(H,29,30,31)/t14-/m0/s1. The highest BCUT2D eigenvalue weighted by atomic mass is 19.2. The summed E-state index contributed by atoms with van der Waals surface area (Å²) < 4.78 is 39.1. The molecule has 0 radical (unpaired) electrons. The molecule has 0 bridgehead atoms. The maximum atomic E-state index is 14.3. The fourth-order valence-corrected chi connectivity index (χ4v) is 3.53. The molecule has 1 aliphatic rings. The van der Waals surface area contributed by atoms with Crippen molar-refractivity contribution in [2.24, 2.45) is 0 Å². The molecule has 1 atom stereocenters. The molecule has 0 saturated carbocycles. The van der Waals surface area contributed by atoms with Gasteiger partial charge in [-0.2, -0.15) is 4.39 Å². The van der Waals surface area contributed by atoms with Gasteiger partial charge in [-0.05, 0) is 57.5 Å². The van der Waals surface area contributed by atoms with Gasteiger partial charge in [-0.25, -0.2) is 24.1 Å². The van der Waals surface area contributed by atoms with E-state index in [0.717, 1.165) is 0 Å². The smallest absolute Gasteiger partial charge is 0.410 e. The van der Waals surface area contributed by atoms with Gasteiger partial charge in [0, 0.05) is 31.5 Å². The van der Waals surface area contributed by atoms with Crippen LogP contribution in [0.4, 0.5) is 25.2 Å². The number of rotatable bonds is 5. The van der Waals surface area contributed by atoms with E-state index >= 15 is 0 Å². The van der Waals surface area contributed by atoms with Crippen LogP contribution in [-0.4, -0.2) is 50.7 Å². The molecule has 3 N–H and O–H groups in total. The fraction of sp³-hybridized carbons (Fsp3) is 0.333. The number of likely N-dealkylation sites (tertiary alicyclic amines) is 1. The van der Waals surface area contributed by atoms with Crippen molar-refractivity contribution >= 4 is 17.7 Å². The predicted octanol–water partition coefficient (Wildman–Crippen LogP) is 4.61. The number of halogens is 2. The summed E-state index contributed by atoms with van der Waals surface area (Å²) >= 11 is 0. The molecule has 2 aromatic heterocycles. The molecule has 0 aliphatic carbocycles. The number of aromatic nitrogens is 3. The second kappa shape index (κ2) is 9.69. The Morgan fingerprint density at radius 2 is 1.94 bits per heavy atom. The normalized spacial score (nSPS) is 15.7. The lowest BCUT2D eigenvalue weighted by Gasteiger charge is -2.24. The largest absolute Gasteiger partial charge is 0.444 e. The molecule has 1 amide bonds. The molecule has 1 aromatic carbocycles. The van der Waals surface area contributed by atoms with E-state index in [1.807, 2.05) is 20.8 Å². The first-order valence-electron chi connectivity index (χ1n) is 11.0. The van der Waals surface area contributed by atoms with Crippen LogP contribution < -0.4 is 15.8 Å². The van der Waals surface area contributed by atoms with E-state index in [1.165, 1.54) is 18.3 Å². The molecule has 184 valence electrons. The number of carbonyl (C=O) groups excluding carboxylic acids is 1. The molecule has 1 aliphatic heterocycles. The summed E-state index contributed by atoms with van der Waals surface area (Å²) in [5.74, 6) is -2.36. The Balaban J connectivity index is 1.50. The van der Waals surface area contributed by atoms with Crippen molar-refractivity contribution in [3.8, 4) is 22.9 Å². The molecule has 0 unspecified atom stereocenters. The molecule has 0 spiro atoms. The summed E-state index contributed by atoms with van der Waals surface area (Å²) in [4.78, 5) is 26.9. The number of benzene rings is 1. The molecule has 11 heteroatoms. The number of hydrogen-bond acceptors (Lipinski definition) is 8. The molecule has 9 nitrogen and oxygen atoms in total. The molecular formula is C24H26F2N6O3. The van der Waals surface area contributed by atoms with Crippen molar-refractivity contribution in [2.45, 2.75) is 38.8 Å². The topological polar surface area (TPSA) is 115 Å². The van der Waals surface area contributed by atoms with Crippen molar-refractivity contribution in [3.63, 3.8) is 0 Å². The monoisotopic (exact) mass is 484 g/mol. The van der Waals surface area contributed by atoms with Crippen molar-refractivity contribution in [1.82, 2.24) is 19.9 Å². The number of ether oxygens (including phenoxy) is 2. The highest BCUT2D eigenvalue weighted by Gasteiger charge is 2.30. The van der Waals surface area contributed by atoms with Gasteiger partial charge in [-0.15, -0.1) is 0 Å². The van der Waals surface area contributed by atoms with Crippen molar-refractivity contribution in [3.05, 3.63) is 54.4 Å². The number of anilines is 2. The Kier molecular flexibility index (Phi) is 6.68. The van der Waals surface area contributed by atoms with E-state index in [-0.39, 0.29) is 29.5 Å². The van der Waals surface area contributed by atoms with Gasteiger partial charge in [0.25, 0.3) is 0 Å². The van der Waals surface area contributed by atoms with Crippen LogP contribution in [0, 0.1) is 11.6 Å². The van der Waals surface area contributed by atoms with E-state index in [2.05, 4.69) is 20.3 Å². The Labute approximate surface area is 201 Å². The third-order valence-corrected chi connectivity index (χ3v) is 5.16. The highest BCUT2D eigenvalue weighted by molar-refractivity contribution is 5.69. The summed E-state index contributed by atoms with van der Waals surface area (Å²) in [7, 11) is 0. The zero-order valence-corrected chi connectivity index (χ0v) is 19.6. The average molecular weight is 485 g/mol. The van der Waals surface area contributed by atoms with Crippen LogP contribution in [0.5, 0.6) is 11.6 Å². The van der Waals surface area contributed by atoms with Crippen LogP contribution in [0.2, 0.25) is 0 Å². The lowest BCUT2D eigenvalue weighted by Crippen LogP contribution is -2.36. The number of carbonyl (C=O) groups is 1. The second-order valence-corrected chi connectivity index (χ2v) is 9.06. The summed E-state index contributed by atoms with van der Waals surface area (Å²) in [5, 5.41) is 3.23. The first-order valence-corrected chi connectivity index (χ1v) is 11.0. The van der Waals surface area contributed by atoms with Crippen LogP contribution in [0.15, 0.2) is 42.7 Å². The molecule has 1 saturated heterocycles.